The van der Waals surface area contributed by atoms with Gasteiger partial charge in [-0.05, 0) is 32.1 Å². The molecule has 1 aliphatic rings. The predicted octanol–water partition coefficient (Wildman–Crippen LogP) is 2.08. The highest BCUT2D eigenvalue weighted by atomic mass is 19.1. The van der Waals surface area contributed by atoms with Crippen molar-refractivity contribution in [3.05, 3.63) is 0 Å². The Morgan fingerprint density at radius 3 is 2.83 bits per heavy atom. The topological polar surface area (TPSA) is 26.3 Å². The molecule has 0 radical (unpaired) electrons. The lowest BCUT2D eigenvalue weighted by atomic mass is 10.0. The van der Waals surface area contributed by atoms with Crippen LogP contribution in [-0.4, -0.2) is 18.7 Å². The van der Waals surface area contributed by atoms with Gasteiger partial charge in [-0.15, -0.1) is 0 Å². The first-order chi connectivity index (χ1) is 5.72. The van der Waals surface area contributed by atoms with Crippen molar-refractivity contribution in [2.24, 2.45) is 5.92 Å². The Balaban J connectivity index is 2.18. The Labute approximate surface area is 72.1 Å². The number of hydrogen-bond acceptors (Lipinski definition) is 2. The van der Waals surface area contributed by atoms with Gasteiger partial charge in [0.2, 0.25) is 0 Å². The fourth-order valence-corrected chi connectivity index (χ4v) is 1.65. The normalized spacial score (nSPS) is 28.8. The number of carbonyl (C=O) groups is 1. The van der Waals surface area contributed by atoms with E-state index in [-0.39, 0.29) is 11.9 Å². The monoisotopic (exact) mass is 174 g/mol. The number of alkyl halides is 1. The molecular formula is C9H15FO2. The third kappa shape index (κ3) is 2.80. The number of carbonyl (C=O) groups excluding carboxylic acids is 1. The van der Waals surface area contributed by atoms with Crippen molar-refractivity contribution in [3.8, 4) is 0 Å². The molecule has 0 aromatic heterocycles. The Morgan fingerprint density at radius 1 is 1.58 bits per heavy atom. The second-order valence-electron chi connectivity index (χ2n) is 3.29. The number of hydrogen-bond donors (Lipinski definition) is 0. The van der Waals surface area contributed by atoms with Crippen molar-refractivity contribution in [1.29, 1.82) is 0 Å². The quantitative estimate of drug-likeness (QED) is 0.612. The van der Waals surface area contributed by atoms with Gasteiger partial charge in [0.25, 0.3) is 0 Å². The van der Waals surface area contributed by atoms with Crippen molar-refractivity contribution < 1.29 is 13.9 Å². The molecule has 3 heteroatoms. The van der Waals surface area contributed by atoms with Crippen LogP contribution in [0.5, 0.6) is 0 Å². The molecule has 70 valence electrons. The zero-order valence-corrected chi connectivity index (χ0v) is 7.38. The van der Waals surface area contributed by atoms with Crippen LogP contribution in [0.2, 0.25) is 0 Å². The zero-order chi connectivity index (χ0) is 8.97. The molecule has 2 nitrogen and oxygen atoms in total. The van der Waals surface area contributed by atoms with Crippen molar-refractivity contribution in [1.82, 2.24) is 0 Å². The van der Waals surface area contributed by atoms with Crippen LogP contribution in [0, 0.1) is 5.92 Å². The lowest BCUT2D eigenvalue weighted by Gasteiger charge is -2.06. The SMILES string of the molecule is CCOC(=O)CC1CCC(F)C1. The summed E-state index contributed by atoms with van der Waals surface area (Å²) in [6.45, 7) is 2.20. The van der Waals surface area contributed by atoms with Gasteiger partial charge < -0.3 is 4.74 Å². The van der Waals surface area contributed by atoms with E-state index in [2.05, 4.69) is 0 Å². The number of rotatable bonds is 3. The summed E-state index contributed by atoms with van der Waals surface area (Å²) in [5.74, 6) is 0.0376. The third-order valence-electron chi connectivity index (χ3n) is 2.24. The minimum Gasteiger partial charge on any atom is -0.466 e. The summed E-state index contributed by atoms with van der Waals surface area (Å²) in [6, 6.07) is 0. The second kappa shape index (κ2) is 4.43. The van der Waals surface area contributed by atoms with Crippen molar-refractivity contribution >= 4 is 5.97 Å². The fourth-order valence-electron chi connectivity index (χ4n) is 1.65. The van der Waals surface area contributed by atoms with Crippen LogP contribution in [0.3, 0.4) is 0 Å². The van der Waals surface area contributed by atoms with E-state index < -0.39 is 6.17 Å². The lowest BCUT2D eigenvalue weighted by Crippen LogP contribution is -2.09. The number of halogens is 1. The van der Waals surface area contributed by atoms with Gasteiger partial charge in [0.1, 0.15) is 6.17 Å². The van der Waals surface area contributed by atoms with Crippen LogP contribution in [0.15, 0.2) is 0 Å². The summed E-state index contributed by atoms with van der Waals surface area (Å²) in [5, 5.41) is 0. The molecule has 0 aliphatic heterocycles. The molecular weight excluding hydrogens is 159 g/mol. The first kappa shape index (κ1) is 9.49. The van der Waals surface area contributed by atoms with Gasteiger partial charge in [-0.25, -0.2) is 4.39 Å². The van der Waals surface area contributed by atoms with Gasteiger partial charge in [-0.3, -0.25) is 4.79 Å². The Morgan fingerprint density at radius 2 is 2.33 bits per heavy atom. The molecule has 0 saturated heterocycles. The lowest BCUT2D eigenvalue weighted by molar-refractivity contribution is -0.144. The summed E-state index contributed by atoms with van der Waals surface area (Å²) in [7, 11) is 0. The highest BCUT2D eigenvalue weighted by molar-refractivity contribution is 5.69. The van der Waals surface area contributed by atoms with Crippen molar-refractivity contribution in [2.45, 2.75) is 38.8 Å². The maximum Gasteiger partial charge on any atom is 0.306 e. The van der Waals surface area contributed by atoms with E-state index in [0.717, 1.165) is 6.42 Å². The largest absolute Gasteiger partial charge is 0.466 e. The zero-order valence-electron chi connectivity index (χ0n) is 7.38. The highest BCUT2D eigenvalue weighted by Gasteiger charge is 2.26. The molecule has 2 unspecified atom stereocenters. The molecule has 0 aromatic rings. The minimum atomic E-state index is -0.690. The van der Waals surface area contributed by atoms with Crippen LogP contribution in [0.25, 0.3) is 0 Å². The van der Waals surface area contributed by atoms with E-state index in [1.807, 2.05) is 0 Å². The molecule has 1 saturated carbocycles. The standard InChI is InChI=1S/C9H15FO2/c1-2-12-9(11)6-7-3-4-8(10)5-7/h7-8H,2-6H2,1H3. The molecule has 1 fully saturated rings. The number of ether oxygens (including phenoxy) is 1. The molecule has 2 atom stereocenters. The average molecular weight is 174 g/mol. The van der Waals surface area contributed by atoms with Crippen molar-refractivity contribution in [2.75, 3.05) is 6.61 Å². The Bertz CT molecular complexity index is 159. The third-order valence-corrected chi connectivity index (χ3v) is 2.24. The first-order valence-electron chi connectivity index (χ1n) is 4.52. The van der Waals surface area contributed by atoms with Crippen LogP contribution in [-0.2, 0) is 9.53 Å². The van der Waals surface area contributed by atoms with Crippen molar-refractivity contribution in [3.63, 3.8) is 0 Å². The molecule has 12 heavy (non-hydrogen) atoms. The molecule has 0 heterocycles. The van der Waals surface area contributed by atoms with E-state index in [1.54, 1.807) is 6.92 Å². The van der Waals surface area contributed by atoms with Crippen LogP contribution in [0.1, 0.15) is 32.6 Å². The van der Waals surface area contributed by atoms with E-state index in [0.29, 0.717) is 25.9 Å². The summed E-state index contributed by atoms with van der Waals surface area (Å²) in [6.07, 6.45) is 1.70. The van der Waals surface area contributed by atoms with Crippen LogP contribution < -0.4 is 0 Å². The van der Waals surface area contributed by atoms with Crippen LogP contribution >= 0.6 is 0 Å². The summed E-state index contributed by atoms with van der Waals surface area (Å²) in [5.41, 5.74) is 0. The fraction of sp³-hybridized carbons (Fsp3) is 0.889. The molecule has 0 amide bonds. The number of esters is 1. The predicted molar refractivity (Wildman–Crippen MR) is 43.5 cm³/mol. The maximum atomic E-state index is 12.7. The Kier molecular flexibility index (Phi) is 3.50. The molecule has 0 bridgehead atoms. The molecule has 1 aliphatic carbocycles. The average Bonchev–Trinajstić information content (AvgIpc) is 2.36. The highest BCUT2D eigenvalue weighted by Crippen LogP contribution is 2.30. The van der Waals surface area contributed by atoms with Gasteiger partial charge >= 0.3 is 5.97 Å². The molecule has 0 spiro atoms. The van der Waals surface area contributed by atoms with Gasteiger partial charge in [0.15, 0.2) is 0 Å². The minimum absolute atomic E-state index is 0.184. The van der Waals surface area contributed by atoms with E-state index in [9.17, 15) is 9.18 Å². The van der Waals surface area contributed by atoms with Gasteiger partial charge in [0, 0.05) is 6.42 Å². The Hall–Kier alpha value is -0.600. The van der Waals surface area contributed by atoms with Gasteiger partial charge in [-0.1, -0.05) is 0 Å². The van der Waals surface area contributed by atoms with E-state index in [1.165, 1.54) is 0 Å². The summed E-state index contributed by atoms with van der Waals surface area (Å²) >= 11 is 0. The maximum absolute atomic E-state index is 12.7. The van der Waals surface area contributed by atoms with Gasteiger partial charge in [-0.2, -0.15) is 0 Å². The summed E-state index contributed by atoms with van der Waals surface area (Å²) < 4.78 is 17.4. The molecule has 0 N–H and O–H groups in total. The summed E-state index contributed by atoms with van der Waals surface area (Å²) in [4.78, 5) is 11.0. The first-order valence-corrected chi connectivity index (χ1v) is 4.52. The second-order valence-corrected chi connectivity index (χ2v) is 3.29. The smallest absolute Gasteiger partial charge is 0.306 e. The molecule has 1 rings (SSSR count). The van der Waals surface area contributed by atoms with Gasteiger partial charge in [0.05, 0.1) is 6.61 Å². The van der Waals surface area contributed by atoms with E-state index in [4.69, 9.17) is 4.74 Å². The van der Waals surface area contributed by atoms with Crippen LogP contribution in [0.4, 0.5) is 4.39 Å². The molecule has 0 aromatic carbocycles. The van der Waals surface area contributed by atoms with E-state index >= 15 is 0 Å².